The molecule has 32 heavy (non-hydrogen) atoms. The number of aromatic nitrogens is 1. The van der Waals surface area contributed by atoms with Crippen molar-refractivity contribution >= 4 is 23.3 Å². The number of carbonyl (C=O) groups excluding carboxylic acids is 2. The molecule has 164 valence electrons. The van der Waals surface area contributed by atoms with Gasteiger partial charge in [0.15, 0.2) is 0 Å². The third-order valence-electron chi connectivity index (χ3n) is 5.35. The molecule has 1 aliphatic rings. The Balaban J connectivity index is 1.35. The second-order valence-electron chi connectivity index (χ2n) is 7.32. The van der Waals surface area contributed by atoms with E-state index in [9.17, 15) is 14.0 Å². The van der Waals surface area contributed by atoms with Crippen molar-refractivity contribution in [2.75, 3.05) is 43.5 Å². The Morgan fingerprint density at radius 1 is 0.938 bits per heavy atom. The van der Waals surface area contributed by atoms with E-state index in [0.29, 0.717) is 43.2 Å². The van der Waals surface area contributed by atoms with Gasteiger partial charge in [-0.3, -0.25) is 9.59 Å². The van der Waals surface area contributed by atoms with Crippen LogP contribution in [0.4, 0.5) is 15.9 Å². The fraction of sp³-hybridized carbons (Fsp3) is 0.208. The van der Waals surface area contributed by atoms with Crippen LogP contribution in [0.15, 0.2) is 66.9 Å². The van der Waals surface area contributed by atoms with Crippen LogP contribution < -0.4 is 15.0 Å². The van der Waals surface area contributed by atoms with Crippen LogP contribution in [-0.2, 0) is 0 Å². The van der Waals surface area contributed by atoms with Gasteiger partial charge in [-0.05, 0) is 36.4 Å². The van der Waals surface area contributed by atoms with Gasteiger partial charge in [-0.2, -0.15) is 0 Å². The number of benzene rings is 2. The summed E-state index contributed by atoms with van der Waals surface area (Å²) < 4.78 is 19.1. The quantitative estimate of drug-likeness (QED) is 0.666. The first-order valence-corrected chi connectivity index (χ1v) is 10.3. The molecule has 0 radical (unpaired) electrons. The number of anilines is 2. The molecule has 4 rings (SSSR count). The first-order valence-electron chi connectivity index (χ1n) is 10.3. The lowest BCUT2D eigenvalue weighted by Gasteiger charge is -2.35. The van der Waals surface area contributed by atoms with Crippen LogP contribution in [0.5, 0.6) is 5.75 Å². The van der Waals surface area contributed by atoms with Crippen molar-refractivity contribution in [3.8, 4) is 5.75 Å². The molecule has 0 saturated carbocycles. The highest BCUT2D eigenvalue weighted by atomic mass is 19.1. The number of rotatable bonds is 5. The van der Waals surface area contributed by atoms with Gasteiger partial charge in [-0.25, -0.2) is 9.37 Å². The molecule has 1 N–H and O–H groups in total. The molecule has 0 aliphatic carbocycles. The smallest absolute Gasteiger partial charge is 0.258 e. The number of halogens is 1. The van der Waals surface area contributed by atoms with Gasteiger partial charge >= 0.3 is 0 Å². The van der Waals surface area contributed by atoms with Crippen molar-refractivity contribution in [2.24, 2.45) is 0 Å². The number of nitrogens with one attached hydrogen (secondary N) is 1. The molecule has 1 fully saturated rings. The predicted molar refractivity (Wildman–Crippen MR) is 120 cm³/mol. The van der Waals surface area contributed by atoms with E-state index >= 15 is 0 Å². The van der Waals surface area contributed by atoms with Crippen molar-refractivity contribution in [3.63, 3.8) is 0 Å². The molecule has 0 bridgehead atoms. The number of amides is 2. The van der Waals surface area contributed by atoms with Crippen molar-refractivity contribution in [2.45, 2.75) is 0 Å². The Labute approximate surface area is 185 Å². The number of methoxy groups -OCH3 is 1. The van der Waals surface area contributed by atoms with E-state index in [1.165, 1.54) is 18.2 Å². The zero-order valence-electron chi connectivity index (χ0n) is 17.6. The van der Waals surface area contributed by atoms with Gasteiger partial charge in [0.2, 0.25) is 0 Å². The lowest BCUT2D eigenvalue weighted by Crippen LogP contribution is -2.49. The van der Waals surface area contributed by atoms with Crippen LogP contribution in [-0.4, -0.2) is 55.0 Å². The molecule has 2 amide bonds. The summed E-state index contributed by atoms with van der Waals surface area (Å²) in [6, 6.07) is 16.5. The molecular weight excluding hydrogens is 411 g/mol. The molecule has 1 saturated heterocycles. The van der Waals surface area contributed by atoms with Crippen LogP contribution in [0.3, 0.4) is 0 Å². The maximum Gasteiger partial charge on any atom is 0.258 e. The lowest BCUT2D eigenvalue weighted by atomic mass is 10.1. The van der Waals surface area contributed by atoms with Crippen molar-refractivity contribution in [1.82, 2.24) is 9.88 Å². The highest BCUT2D eigenvalue weighted by molar-refractivity contribution is 6.04. The largest absolute Gasteiger partial charge is 0.496 e. The van der Waals surface area contributed by atoms with Crippen LogP contribution in [0.1, 0.15) is 20.7 Å². The number of nitrogens with zero attached hydrogens (tertiary/aromatic N) is 3. The Hall–Kier alpha value is -3.94. The molecule has 2 heterocycles. The summed E-state index contributed by atoms with van der Waals surface area (Å²) in [7, 11) is 1.55. The average molecular weight is 434 g/mol. The minimum atomic E-state index is -0.574. The highest BCUT2D eigenvalue weighted by Gasteiger charge is 2.24. The molecule has 1 aromatic heterocycles. The average Bonchev–Trinajstić information content (AvgIpc) is 2.84. The molecule has 1 aliphatic heterocycles. The summed E-state index contributed by atoms with van der Waals surface area (Å²) in [5, 5.41) is 2.66. The second-order valence-corrected chi connectivity index (χ2v) is 7.32. The van der Waals surface area contributed by atoms with Gasteiger partial charge in [0.25, 0.3) is 11.8 Å². The fourth-order valence-electron chi connectivity index (χ4n) is 3.62. The zero-order valence-corrected chi connectivity index (χ0v) is 17.6. The monoisotopic (exact) mass is 434 g/mol. The minimum Gasteiger partial charge on any atom is -0.496 e. The van der Waals surface area contributed by atoms with E-state index in [-0.39, 0.29) is 11.5 Å². The predicted octanol–water partition coefficient (Wildman–Crippen LogP) is 3.44. The molecule has 0 atom stereocenters. The standard InChI is InChI=1S/C24H23FN4O3/c1-32-21-9-5-3-7-19(21)24(31)29-14-12-28(13-15-29)22-11-10-17(16-26-22)27-23(30)18-6-2-4-8-20(18)25/h2-11,16H,12-15H2,1H3,(H,27,30). The lowest BCUT2D eigenvalue weighted by molar-refractivity contribution is 0.0743. The molecular formula is C24H23FN4O3. The summed E-state index contributed by atoms with van der Waals surface area (Å²) in [6.45, 7) is 2.39. The molecule has 2 aromatic carbocycles. The SMILES string of the molecule is COc1ccccc1C(=O)N1CCN(c2ccc(NC(=O)c3ccccc3F)cn2)CC1. The third kappa shape index (κ3) is 4.54. The first-order chi connectivity index (χ1) is 15.6. The first kappa shape index (κ1) is 21.3. The van der Waals surface area contributed by atoms with Gasteiger partial charge in [-0.1, -0.05) is 24.3 Å². The highest BCUT2D eigenvalue weighted by Crippen LogP contribution is 2.22. The molecule has 3 aromatic rings. The summed E-state index contributed by atoms with van der Waals surface area (Å²) >= 11 is 0. The van der Waals surface area contributed by atoms with Crippen molar-refractivity contribution in [3.05, 3.63) is 83.8 Å². The number of para-hydroxylation sites is 1. The fourth-order valence-corrected chi connectivity index (χ4v) is 3.62. The van der Waals surface area contributed by atoms with Gasteiger partial charge in [0, 0.05) is 26.2 Å². The maximum absolute atomic E-state index is 13.8. The van der Waals surface area contributed by atoms with E-state index in [0.717, 1.165) is 5.82 Å². The van der Waals surface area contributed by atoms with E-state index < -0.39 is 11.7 Å². The Morgan fingerprint density at radius 3 is 2.28 bits per heavy atom. The topological polar surface area (TPSA) is 74.8 Å². The van der Waals surface area contributed by atoms with Crippen LogP contribution in [0.2, 0.25) is 0 Å². The molecule has 0 spiro atoms. The van der Waals surface area contributed by atoms with Crippen LogP contribution in [0.25, 0.3) is 0 Å². The van der Waals surface area contributed by atoms with Gasteiger partial charge in [0.1, 0.15) is 17.4 Å². The summed E-state index contributed by atoms with van der Waals surface area (Å²) in [5.41, 5.74) is 1.01. The van der Waals surface area contributed by atoms with Crippen LogP contribution >= 0.6 is 0 Å². The van der Waals surface area contributed by atoms with Crippen LogP contribution in [0, 0.1) is 5.82 Å². The number of carbonyl (C=O) groups is 2. The summed E-state index contributed by atoms with van der Waals surface area (Å²) in [4.78, 5) is 33.4. The van der Waals surface area contributed by atoms with E-state index in [1.807, 2.05) is 12.1 Å². The van der Waals surface area contributed by atoms with Gasteiger partial charge in [0.05, 0.1) is 30.1 Å². The zero-order chi connectivity index (χ0) is 22.5. The van der Waals surface area contributed by atoms with E-state index in [1.54, 1.807) is 48.5 Å². The van der Waals surface area contributed by atoms with E-state index in [4.69, 9.17) is 4.74 Å². The van der Waals surface area contributed by atoms with E-state index in [2.05, 4.69) is 15.2 Å². The van der Waals surface area contributed by atoms with Gasteiger partial charge < -0.3 is 19.9 Å². The normalized spacial score (nSPS) is 13.6. The van der Waals surface area contributed by atoms with Crippen molar-refractivity contribution in [1.29, 1.82) is 0 Å². The Morgan fingerprint density at radius 2 is 1.62 bits per heavy atom. The summed E-state index contributed by atoms with van der Waals surface area (Å²) in [5.74, 6) is 0.158. The maximum atomic E-state index is 13.8. The van der Waals surface area contributed by atoms with Gasteiger partial charge in [-0.15, -0.1) is 0 Å². The number of hydrogen-bond donors (Lipinski definition) is 1. The number of hydrogen-bond acceptors (Lipinski definition) is 5. The van der Waals surface area contributed by atoms with Crippen molar-refractivity contribution < 1.29 is 18.7 Å². The molecule has 7 nitrogen and oxygen atoms in total. The molecule has 0 unspecified atom stereocenters. The Bertz CT molecular complexity index is 1110. The minimum absolute atomic E-state index is 0.0209. The third-order valence-corrected chi connectivity index (χ3v) is 5.35. The molecule has 8 heteroatoms. The summed E-state index contributed by atoms with van der Waals surface area (Å²) in [6.07, 6.45) is 1.54. The second kappa shape index (κ2) is 9.47. The Kier molecular flexibility index (Phi) is 6.30. The number of pyridine rings is 1. The number of piperazine rings is 1. The number of ether oxygens (including phenoxy) is 1.